The van der Waals surface area contributed by atoms with Crippen molar-refractivity contribution in [1.29, 1.82) is 0 Å². The molecule has 2 heterocycles. The number of hydrogen-bond donors (Lipinski definition) is 1. The van der Waals surface area contributed by atoms with Crippen LogP contribution in [0.15, 0.2) is 59.3 Å². The summed E-state index contributed by atoms with van der Waals surface area (Å²) in [7, 11) is 1.63. The van der Waals surface area contributed by atoms with Crippen molar-refractivity contribution in [2.75, 3.05) is 7.11 Å². The summed E-state index contributed by atoms with van der Waals surface area (Å²) in [5, 5.41) is 11.8. The maximum absolute atomic E-state index is 5.91. The minimum atomic E-state index is 0.386. The molecule has 0 saturated heterocycles. The van der Waals surface area contributed by atoms with E-state index >= 15 is 0 Å². The Labute approximate surface area is 148 Å². The number of methoxy groups -OCH3 is 1. The molecule has 124 valence electrons. The summed E-state index contributed by atoms with van der Waals surface area (Å²) >= 11 is 5.91. The van der Waals surface area contributed by atoms with Gasteiger partial charge in [-0.1, -0.05) is 28.9 Å². The first-order valence-corrected chi connectivity index (χ1v) is 7.90. The number of ether oxygens (including phenoxy) is 1. The van der Waals surface area contributed by atoms with E-state index < -0.39 is 0 Å². The molecule has 1 N–H and O–H groups in total. The van der Waals surface area contributed by atoms with Crippen molar-refractivity contribution in [2.45, 2.75) is 0 Å². The first kappa shape index (κ1) is 15.4. The van der Waals surface area contributed by atoms with E-state index in [0.29, 0.717) is 16.7 Å². The molecule has 0 aliphatic carbocycles. The topological polar surface area (TPSA) is 76.8 Å². The second-order valence-corrected chi connectivity index (χ2v) is 5.76. The summed E-state index contributed by atoms with van der Waals surface area (Å²) in [6.45, 7) is 0. The van der Waals surface area contributed by atoms with E-state index in [9.17, 15) is 0 Å². The molecule has 0 bridgehead atoms. The second-order valence-electron chi connectivity index (χ2n) is 5.32. The van der Waals surface area contributed by atoms with Crippen LogP contribution in [0, 0.1) is 0 Å². The third-order valence-electron chi connectivity index (χ3n) is 3.76. The fraction of sp³-hybridized carbons (Fsp3) is 0.0556. The molecule has 25 heavy (non-hydrogen) atoms. The predicted molar refractivity (Wildman–Crippen MR) is 94.3 cm³/mol. The maximum atomic E-state index is 5.91. The van der Waals surface area contributed by atoms with Gasteiger partial charge in [0, 0.05) is 16.1 Å². The Balaban J connectivity index is 1.72. The molecule has 2 aromatic heterocycles. The highest BCUT2D eigenvalue weighted by Gasteiger charge is 2.17. The van der Waals surface area contributed by atoms with Crippen molar-refractivity contribution in [3.05, 3.63) is 59.8 Å². The molecule has 0 atom stereocenters. The van der Waals surface area contributed by atoms with Gasteiger partial charge >= 0.3 is 0 Å². The molecular weight excluding hydrogens is 340 g/mol. The fourth-order valence-electron chi connectivity index (χ4n) is 2.50. The molecule has 0 amide bonds. The summed E-state index contributed by atoms with van der Waals surface area (Å²) in [6, 6.07) is 14.9. The average Bonchev–Trinajstić information content (AvgIpc) is 3.31. The lowest BCUT2D eigenvalue weighted by atomic mass is 10.1. The van der Waals surface area contributed by atoms with E-state index in [1.165, 1.54) is 0 Å². The van der Waals surface area contributed by atoms with E-state index in [-0.39, 0.29) is 0 Å². The zero-order valence-corrected chi connectivity index (χ0v) is 14.0. The van der Waals surface area contributed by atoms with Crippen molar-refractivity contribution in [3.63, 3.8) is 0 Å². The maximum Gasteiger partial charge on any atom is 0.262 e. The van der Waals surface area contributed by atoms with Crippen LogP contribution in [0.5, 0.6) is 5.75 Å². The highest BCUT2D eigenvalue weighted by Crippen LogP contribution is 2.32. The Morgan fingerprint density at radius 2 is 1.92 bits per heavy atom. The van der Waals surface area contributed by atoms with Crippen LogP contribution in [-0.4, -0.2) is 27.4 Å². The third kappa shape index (κ3) is 2.99. The van der Waals surface area contributed by atoms with Crippen LogP contribution in [0.2, 0.25) is 5.02 Å². The van der Waals surface area contributed by atoms with Crippen molar-refractivity contribution >= 4 is 11.6 Å². The second kappa shape index (κ2) is 6.41. The Bertz CT molecular complexity index is 1010. The highest BCUT2D eigenvalue weighted by molar-refractivity contribution is 6.30. The minimum absolute atomic E-state index is 0.386. The molecule has 4 rings (SSSR count). The lowest BCUT2D eigenvalue weighted by Gasteiger charge is -2.03. The van der Waals surface area contributed by atoms with Crippen LogP contribution < -0.4 is 4.74 Å². The zero-order valence-electron chi connectivity index (χ0n) is 13.2. The molecule has 0 unspecified atom stereocenters. The van der Waals surface area contributed by atoms with Gasteiger partial charge in [-0.3, -0.25) is 5.10 Å². The lowest BCUT2D eigenvalue weighted by molar-refractivity contribution is 0.415. The molecule has 0 spiro atoms. The van der Waals surface area contributed by atoms with Crippen LogP contribution in [0.4, 0.5) is 0 Å². The van der Waals surface area contributed by atoms with Crippen molar-refractivity contribution < 1.29 is 9.26 Å². The number of halogens is 1. The van der Waals surface area contributed by atoms with E-state index in [4.69, 9.17) is 20.9 Å². The Morgan fingerprint density at radius 1 is 1.08 bits per heavy atom. The van der Waals surface area contributed by atoms with Crippen molar-refractivity contribution in [3.8, 4) is 39.8 Å². The van der Waals surface area contributed by atoms with Gasteiger partial charge in [0.15, 0.2) is 0 Å². The van der Waals surface area contributed by atoms with Gasteiger partial charge in [0.2, 0.25) is 5.82 Å². The number of H-pyrrole nitrogens is 1. The number of hydrogen-bond acceptors (Lipinski definition) is 5. The Hall–Kier alpha value is -3.12. The summed E-state index contributed by atoms with van der Waals surface area (Å²) in [4.78, 5) is 4.47. The normalized spacial score (nSPS) is 10.8. The molecule has 0 fully saturated rings. The van der Waals surface area contributed by atoms with Crippen molar-refractivity contribution in [1.82, 2.24) is 20.3 Å². The van der Waals surface area contributed by atoms with Gasteiger partial charge in [0.05, 0.1) is 24.6 Å². The molecule has 4 aromatic rings. The molecule has 0 aliphatic heterocycles. The van der Waals surface area contributed by atoms with E-state index in [0.717, 1.165) is 28.1 Å². The molecule has 2 aromatic carbocycles. The lowest BCUT2D eigenvalue weighted by Crippen LogP contribution is -1.86. The van der Waals surface area contributed by atoms with E-state index in [2.05, 4.69) is 20.3 Å². The summed E-state index contributed by atoms with van der Waals surface area (Å²) < 4.78 is 10.7. The molecule has 0 radical (unpaired) electrons. The zero-order chi connectivity index (χ0) is 17.2. The standard InChI is InChI=1S/C18H13ClN4O2/c1-24-14-4-2-3-12(9-14)16-15(10-20-22-16)18-21-17(23-25-18)11-5-7-13(19)8-6-11/h2-10H,1H3,(H,20,22). The van der Waals surface area contributed by atoms with Gasteiger partial charge in [0.25, 0.3) is 5.89 Å². The van der Waals surface area contributed by atoms with Crippen LogP contribution in [-0.2, 0) is 0 Å². The van der Waals surface area contributed by atoms with Crippen molar-refractivity contribution in [2.24, 2.45) is 0 Å². The monoisotopic (exact) mass is 352 g/mol. The summed E-state index contributed by atoms with van der Waals surface area (Å²) in [6.07, 6.45) is 1.66. The van der Waals surface area contributed by atoms with Gasteiger partial charge in [-0.25, -0.2) is 0 Å². The molecule has 7 heteroatoms. The number of nitrogens with zero attached hydrogens (tertiary/aromatic N) is 3. The molecule has 0 saturated carbocycles. The first-order valence-electron chi connectivity index (χ1n) is 7.52. The van der Waals surface area contributed by atoms with Crippen LogP contribution in [0.25, 0.3) is 34.1 Å². The number of aromatic amines is 1. The quantitative estimate of drug-likeness (QED) is 0.587. The Kier molecular flexibility index (Phi) is 3.95. The van der Waals surface area contributed by atoms with Gasteiger partial charge < -0.3 is 9.26 Å². The van der Waals surface area contributed by atoms with E-state index in [1.807, 2.05) is 36.4 Å². The van der Waals surface area contributed by atoms with Gasteiger partial charge in [-0.15, -0.1) is 0 Å². The average molecular weight is 353 g/mol. The smallest absolute Gasteiger partial charge is 0.262 e. The Morgan fingerprint density at radius 3 is 2.72 bits per heavy atom. The number of aromatic nitrogens is 4. The van der Waals surface area contributed by atoms with Gasteiger partial charge in [0.1, 0.15) is 5.75 Å². The summed E-state index contributed by atoms with van der Waals surface area (Å²) in [5.74, 6) is 1.63. The largest absolute Gasteiger partial charge is 0.497 e. The first-order chi connectivity index (χ1) is 12.2. The highest BCUT2D eigenvalue weighted by atomic mass is 35.5. The molecule has 6 nitrogen and oxygen atoms in total. The van der Waals surface area contributed by atoms with E-state index in [1.54, 1.807) is 25.4 Å². The molecule has 0 aliphatic rings. The fourth-order valence-corrected chi connectivity index (χ4v) is 2.62. The number of nitrogens with one attached hydrogen (secondary N) is 1. The number of rotatable bonds is 4. The van der Waals surface area contributed by atoms with Gasteiger partial charge in [-0.05, 0) is 36.4 Å². The van der Waals surface area contributed by atoms with Crippen LogP contribution >= 0.6 is 11.6 Å². The minimum Gasteiger partial charge on any atom is -0.497 e. The predicted octanol–water partition coefficient (Wildman–Crippen LogP) is 4.46. The SMILES string of the molecule is COc1cccc(-c2[nH]ncc2-c2nc(-c3ccc(Cl)cc3)no2)c1. The summed E-state index contributed by atoms with van der Waals surface area (Å²) in [5.41, 5.74) is 3.25. The number of benzene rings is 2. The van der Waals surface area contributed by atoms with Crippen LogP contribution in [0.3, 0.4) is 0 Å². The third-order valence-corrected chi connectivity index (χ3v) is 4.01. The van der Waals surface area contributed by atoms with Gasteiger partial charge in [-0.2, -0.15) is 10.1 Å². The van der Waals surface area contributed by atoms with Crippen LogP contribution in [0.1, 0.15) is 0 Å². The molecular formula is C18H13ClN4O2.